The summed E-state index contributed by atoms with van der Waals surface area (Å²) in [5, 5.41) is 17.3. The molecule has 0 aliphatic heterocycles. The molecule has 0 aliphatic carbocycles. The fourth-order valence-electron chi connectivity index (χ4n) is 0.958. The van der Waals surface area contributed by atoms with E-state index < -0.39 is 11.9 Å². The highest BCUT2D eigenvalue weighted by molar-refractivity contribution is 5.94. The summed E-state index contributed by atoms with van der Waals surface area (Å²) >= 11 is 0. The monoisotopic (exact) mass is 190 g/mol. The second-order valence-corrected chi connectivity index (χ2v) is 2.55. The number of hydrogen-bond acceptors (Lipinski definition) is 2. The van der Waals surface area contributed by atoms with Crippen molar-refractivity contribution in [2.24, 2.45) is 0 Å². The van der Waals surface area contributed by atoms with Gasteiger partial charge in [0.05, 0.1) is 11.1 Å². The van der Waals surface area contributed by atoms with Gasteiger partial charge in [-0.25, -0.2) is 9.59 Å². The van der Waals surface area contributed by atoms with Gasteiger partial charge < -0.3 is 10.2 Å². The van der Waals surface area contributed by atoms with Crippen LogP contribution in [-0.4, -0.2) is 22.2 Å². The lowest BCUT2D eigenvalue weighted by Gasteiger charge is -1.99. The van der Waals surface area contributed by atoms with E-state index in [1.165, 1.54) is 12.1 Å². The highest BCUT2D eigenvalue weighted by Gasteiger charge is 2.10. The average Bonchev–Trinajstić information content (AvgIpc) is 2.16. The summed E-state index contributed by atoms with van der Waals surface area (Å²) in [6, 6.07) is 3.55. The maximum Gasteiger partial charge on any atom is 0.335 e. The molecule has 0 aromatic heterocycles. The van der Waals surface area contributed by atoms with Gasteiger partial charge in [-0.1, -0.05) is 5.92 Å². The van der Waals surface area contributed by atoms with Gasteiger partial charge in [-0.15, -0.1) is 6.42 Å². The van der Waals surface area contributed by atoms with E-state index in [4.69, 9.17) is 16.6 Å². The highest BCUT2D eigenvalue weighted by Crippen LogP contribution is 2.09. The second kappa shape index (κ2) is 3.62. The third-order valence-corrected chi connectivity index (χ3v) is 1.59. The predicted molar refractivity (Wildman–Crippen MR) is 48.3 cm³/mol. The van der Waals surface area contributed by atoms with E-state index in [9.17, 15) is 9.59 Å². The molecule has 0 atom stereocenters. The molecule has 0 saturated heterocycles. The summed E-state index contributed by atoms with van der Waals surface area (Å²) in [7, 11) is 0. The fourth-order valence-corrected chi connectivity index (χ4v) is 0.958. The molecule has 4 nitrogen and oxygen atoms in total. The number of rotatable bonds is 2. The zero-order valence-corrected chi connectivity index (χ0v) is 7.02. The molecule has 0 fully saturated rings. The maximum atomic E-state index is 10.6. The molecule has 0 spiro atoms. The lowest BCUT2D eigenvalue weighted by atomic mass is 10.1. The Morgan fingerprint density at radius 3 is 1.79 bits per heavy atom. The van der Waals surface area contributed by atoms with Crippen molar-refractivity contribution in [1.82, 2.24) is 0 Å². The van der Waals surface area contributed by atoms with E-state index in [0.717, 1.165) is 6.07 Å². The number of aromatic carboxylic acids is 2. The Morgan fingerprint density at radius 1 is 1.07 bits per heavy atom. The van der Waals surface area contributed by atoms with Crippen LogP contribution in [0.5, 0.6) is 0 Å². The Morgan fingerprint density at radius 2 is 1.50 bits per heavy atom. The normalized spacial score (nSPS) is 9.07. The Balaban J connectivity index is 3.36. The minimum atomic E-state index is -1.20. The van der Waals surface area contributed by atoms with Gasteiger partial charge in [0.15, 0.2) is 0 Å². The van der Waals surface area contributed by atoms with Crippen molar-refractivity contribution < 1.29 is 19.8 Å². The van der Waals surface area contributed by atoms with E-state index in [-0.39, 0.29) is 16.7 Å². The first-order chi connectivity index (χ1) is 6.54. The van der Waals surface area contributed by atoms with Gasteiger partial charge in [-0.05, 0) is 18.2 Å². The van der Waals surface area contributed by atoms with E-state index in [0.29, 0.717) is 0 Å². The Bertz CT molecular complexity index is 408. The van der Waals surface area contributed by atoms with Crippen LogP contribution in [0.25, 0.3) is 0 Å². The van der Waals surface area contributed by atoms with Gasteiger partial charge in [0, 0.05) is 5.56 Å². The van der Waals surface area contributed by atoms with Gasteiger partial charge in [-0.2, -0.15) is 0 Å². The zero-order valence-electron chi connectivity index (χ0n) is 7.02. The van der Waals surface area contributed by atoms with Crippen LogP contribution in [0.4, 0.5) is 0 Å². The van der Waals surface area contributed by atoms with Crippen molar-refractivity contribution in [3.63, 3.8) is 0 Å². The van der Waals surface area contributed by atoms with E-state index in [1.54, 1.807) is 0 Å². The largest absolute Gasteiger partial charge is 0.478 e. The van der Waals surface area contributed by atoms with Crippen LogP contribution in [0.1, 0.15) is 26.3 Å². The third kappa shape index (κ3) is 1.90. The number of terminal acetylenes is 1. The van der Waals surface area contributed by atoms with Crippen LogP contribution in [0.3, 0.4) is 0 Å². The molecule has 0 bridgehead atoms. The van der Waals surface area contributed by atoms with Crippen LogP contribution >= 0.6 is 0 Å². The van der Waals surface area contributed by atoms with Gasteiger partial charge in [0.2, 0.25) is 0 Å². The van der Waals surface area contributed by atoms with E-state index in [1.807, 2.05) is 0 Å². The maximum absolute atomic E-state index is 10.6. The van der Waals surface area contributed by atoms with Gasteiger partial charge in [0.25, 0.3) is 0 Å². The van der Waals surface area contributed by atoms with E-state index in [2.05, 4.69) is 5.92 Å². The molecule has 0 aliphatic rings. The quantitative estimate of drug-likeness (QED) is 0.684. The van der Waals surface area contributed by atoms with Crippen molar-refractivity contribution in [2.75, 3.05) is 0 Å². The van der Waals surface area contributed by atoms with Crippen LogP contribution in [0.15, 0.2) is 18.2 Å². The molecule has 0 saturated carbocycles. The minimum Gasteiger partial charge on any atom is -0.478 e. The van der Waals surface area contributed by atoms with E-state index >= 15 is 0 Å². The Kier molecular flexibility index (Phi) is 2.54. The van der Waals surface area contributed by atoms with Crippen LogP contribution in [0, 0.1) is 12.3 Å². The molecule has 0 radical (unpaired) electrons. The molecule has 1 aromatic rings. The molecular weight excluding hydrogens is 184 g/mol. The lowest BCUT2D eigenvalue weighted by molar-refractivity contribution is 0.0696. The molecule has 0 unspecified atom stereocenters. The number of carbonyl (C=O) groups is 2. The first-order valence-electron chi connectivity index (χ1n) is 3.63. The minimum absolute atomic E-state index is 0.127. The summed E-state index contributed by atoms with van der Waals surface area (Å²) in [6.45, 7) is 0. The van der Waals surface area contributed by atoms with Crippen LogP contribution in [-0.2, 0) is 0 Å². The van der Waals surface area contributed by atoms with Crippen molar-refractivity contribution >= 4 is 11.9 Å². The molecule has 0 amide bonds. The molecule has 1 rings (SSSR count). The summed E-state index contributed by atoms with van der Waals surface area (Å²) in [6.07, 6.45) is 5.05. The third-order valence-electron chi connectivity index (χ3n) is 1.59. The highest BCUT2D eigenvalue weighted by atomic mass is 16.4. The summed E-state index contributed by atoms with van der Waals surface area (Å²) in [5.74, 6) is -0.217. The molecule has 4 heteroatoms. The standard InChI is InChI=1S/C10H6O4/c1-2-6-3-7(9(11)12)5-8(4-6)10(13)14/h1,3-5H,(H,11,12)(H,13,14). The molecule has 2 N–H and O–H groups in total. The van der Waals surface area contributed by atoms with Crippen LogP contribution in [0.2, 0.25) is 0 Å². The SMILES string of the molecule is C#Cc1cc(C(=O)O)cc(C(=O)O)c1. The van der Waals surface area contributed by atoms with Crippen molar-refractivity contribution in [3.05, 3.63) is 34.9 Å². The van der Waals surface area contributed by atoms with Crippen molar-refractivity contribution in [1.29, 1.82) is 0 Å². The Hall–Kier alpha value is -2.28. The molecule has 0 heterocycles. The summed E-state index contributed by atoms with van der Waals surface area (Å²) in [4.78, 5) is 21.2. The second-order valence-electron chi connectivity index (χ2n) is 2.55. The molecule has 70 valence electrons. The number of carboxylic acids is 2. The fraction of sp³-hybridized carbons (Fsp3) is 0. The van der Waals surface area contributed by atoms with Gasteiger partial charge in [-0.3, -0.25) is 0 Å². The Labute approximate surface area is 79.8 Å². The molecule has 14 heavy (non-hydrogen) atoms. The zero-order chi connectivity index (χ0) is 10.7. The molecular formula is C10H6O4. The number of carboxylic acid groups (broad SMARTS) is 2. The topological polar surface area (TPSA) is 74.6 Å². The average molecular weight is 190 g/mol. The smallest absolute Gasteiger partial charge is 0.335 e. The molecule has 1 aromatic carbocycles. The van der Waals surface area contributed by atoms with Gasteiger partial charge in [0.1, 0.15) is 0 Å². The number of hydrogen-bond donors (Lipinski definition) is 2. The van der Waals surface area contributed by atoms with Crippen molar-refractivity contribution in [2.45, 2.75) is 0 Å². The summed E-state index contributed by atoms with van der Waals surface area (Å²) < 4.78 is 0. The summed E-state index contributed by atoms with van der Waals surface area (Å²) in [5.41, 5.74) is -0.0157. The van der Waals surface area contributed by atoms with Gasteiger partial charge >= 0.3 is 11.9 Å². The number of benzene rings is 1. The first kappa shape index (κ1) is 9.81. The predicted octanol–water partition coefficient (Wildman–Crippen LogP) is 1.06. The van der Waals surface area contributed by atoms with Crippen LogP contribution < -0.4 is 0 Å². The van der Waals surface area contributed by atoms with Crippen molar-refractivity contribution in [3.8, 4) is 12.3 Å². The first-order valence-corrected chi connectivity index (χ1v) is 3.63. The lowest BCUT2D eigenvalue weighted by Crippen LogP contribution is -2.03.